The van der Waals surface area contributed by atoms with Gasteiger partial charge < -0.3 is 9.64 Å². The van der Waals surface area contributed by atoms with Crippen molar-refractivity contribution in [2.24, 2.45) is 0 Å². The standard InChI is InChI=1S/C19H19N3O/c1-13-16-5-3-4-6-17(16)19(21-20-13)22(2)12-14-7-8-18-15(11-14)9-10-23-18/h3-8,11H,9-10,12H2,1-2H3. The van der Waals surface area contributed by atoms with E-state index in [-0.39, 0.29) is 0 Å². The normalized spacial score (nSPS) is 13.0. The lowest BCUT2D eigenvalue weighted by Crippen LogP contribution is -2.19. The van der Waals surface area contributed by atoms with E-state index in [0.717, 1.165) is 47.6 Å². The van der Waals surface area contributed by atoms with Crippen LogP contribution in [0.25, 0.3) is 10.8 Å². The van der Waals surface area contributed by atoms with Crippen molar-refractivity contribution in [1.82, 2.24) is 10.2 Å². The van der Waals surface area contributed by atoms with Crippen molar-refractivity contribution in [1.29, 1.82) is 0 Å². The predicted molar refractivity (Wildman–Crippen MR) is 92.0 cm³/mol. The van der Waals surface area contributed by atoms with Gasteiger partial charge in [-0.05, 0) is 24.1 Å². The van der Waals surface area contributed by atoms with Gasteiger partial charge in [0.25, 0.3) is 0 Å². The first-order valence-corrected chi connectivity index (χ1v) is 7.90. The van der Waals surface area contributed by atoms with Gasteiger partial charge in [0.2, 0.25) is 0 Å². The summed E-state index contributed by atoms with van der Waals surface area (Å²) in [4.78, 5) is 2.16. The van der Waals surface area contributed by atoms with Crippen molar-refractivity contribution in [2.45, 2.75) is 19.9 Å². The third-order valence-electron chi connectivity index (χ3n) is 4.39. The average Bonchev–Trinajstić information content (AvgIpc) is 3.03. The number of aryl methyl sites for hydroxylation is 1. The van der Waals surface area contributed by atoms with Crippen LogP contribution in [0, 0.1) is 6.92 Å². The lowest BCUT2D eigenvalue weighted by molar-refractivity contribution is 0.357. The summed E-state index contributed by atoms with van der Waals surface area (Å²) in [6.45, 7) is 3.59. The lowest BCUT2D eigenvalue weighted by Gasteiger charge is -2.20. The van der Waals surface area contributed by atoms with E-state index in [1.54, 1.807) is 0 Å². The molecule has 0 atom stereocenters. The maximum Gasteiger partial charge on any atom is 0.159 e. The number of nitrogens with zero attached hydrogens (tertiary/aromatic N) is 3. The summed E-state index contributed by atoms with van der Waals surface area (Å²) in [5.41, 5.74) is 3.53. The summed E-state index contributed by atoms with van der Waals surface area (Å²) in [6.07, 6.45) is 1.00. The van der Waals surface area contributed by atoms with Gasteiger partial charge in [0.15, 0.2) is 5.82 Å². The van der Waals surface area contributed by atoms with Crippen LogP contribution in [0.4, 0.5) is 5.82 Å². The van der Waals surface area contributed by atoms with Crippen molar-refractivity contribution in [3.8, 4) is 5.75 Å². The van der Waals surface area contributed by atoms with Gasteiger partial charge in [-0.1, -0.05) is 36.4 Å². The van der Waals surface area contributed by atoms with Gasteiger partial charge in [-0.25, -0.2) is 0 Å². The fraction of sp³-hybridized carbons (Fsp3) is 0.263. The van der Waals surface area contributed by atoms with Gasteiger partial charge in [0.05, 0.1) is 12.3 Å². The SMILES string of the molecule is Cc1nnc(N(C)Cc2ccc3c(c2)CCO3)c2ccccc12. The molecule has 4 heteroatoms. The molecule has 0 spiro atoms. The highest BCUT2D eigenvalue weighted by atomic mass is 16.5. The number of aromatic nitrogens is 2. The molecule has 1 aliphatic heterocycles. The molecular formula is C19H19N3O. The first kappa shape index (κ1) is 14.0. The summed E-state index contributed by atoms with van der Waals surface area (Å²) >= 11 is 0. The number of benzene rings is 2. The molecule has 0 radical (unpaired) electrons. The fourth-order valence-electron chi connectivity index (χ4n) is 3.19. The van der Waals surface area contributed by atoms with Crippen LogP contribution in [0.15, 0.2) is 42.5 Å². The van der Waals surface area contributed by atoms with Crippen molar-refractivity contribution in [3.05, 3.63) is 59.3 Å². The molecule has 23 heavy (non-hydrogen) atoms. The summed E-state index contributed by atoms with van der Waals surface area (Å²) in [5, 5.41) is 11.0. The Hall–Kier alpha value is -2.62. The smallest absolute Gasteiger partial charge is 0.159 e. The zero-order valence-corrected chi connectivity index (χ0v) is 13.4. The van der Waals surface area contributed by atoms with Crippen LogP contribution in [-0.4, -0.2) is 23.9 Å². The van der Waals surface area contributed by atoms with Crippen LogP contribution < -0.4 is 9.64 Å². The van der Waals surface area contributed by atoms with Crippen molar-refractivity contribution >= 4 is 16.6 Å². The molecule has 3 aromatic rings. The van der Waals surface area contributed by atoms with Crippen molar-refractivity contribution in [3.63, 3.8) is 0 Å². The molecule has 2 aromatic carbocycles. The van der Waals surface area contributed by atoms with Gasteiger partial charge in [-0.3, -0.25) is 0 Å². The van der Waals surface area contributed by atoms with Crippen LogP contribution in [-0.2, 0) is 13.0 Å². The van der Waals surface area contributed by atoms with Crippen molar-refractivity contribution < 1.29 is 4.74 Å². The molecule has 1 aromatic heterocycles. The highest BCUT2D eigenvalue weighted by Gasteiger charge is 2.14. The molecule has 0 saturated carbocycles. The topological polar surface area (TPSA) is 38.2 Å². The van der Waals surface area contributed by atoms with Crippen LogP contribution in [0.5, 0.6) is 5.75 Å². The number of fused-ring (bicyclic) bond motifs is 2. The number of hydrogen-bond donors (Lipinski definition) is 0. The summed E-state index contributed by atoms with van der Waals surface area (Å²) in [7, 11) is 2.06. The molecule has 0 bridgehead atoms. The van der Waals surface area contributed by atoms with Crippen LogP contribution in [0.3, 0.4) is 0 Å². The minimum Gasteiger partial charge on any atom is -0.493 e. The minimum absolute atomic E-state index is 0.794. The Bertz CT molecular complexity index is 876. The van der Waals surface area contributed by atoms with Crippen molar-refractivity contribution in [2.75, 3.05) is 18.6 Å². The molecule has 0 unspecified atom stereocenters. The molecule has 0 amide bonds. The van der Waals surface area contributed by atoms with E-state index in [1.165, 1.54) is 11.1 Å². The second-order valence-electron chi connectivity index (χ2n) is 6.05. The van der Waals surface area contributed by atoms with E-state index >= 15 is 0 Å². The minimum atomic E-state index is 0.794. The average molecular weight is 305 g/mol. The van der Waals surface area contributed by atoms with E-state index in [1.807, 2.05) is 19.1 Å². The molecule has 4 rings (SSSR count). The summed E-state index contributed by atoms with van der Waals surface area (Å²) in [6, 6.07) is 14.7. The molecule has 0 N–H and O–H groups in total. The molecule has 2 heterocycles. The quantitative estimate of drug-likeness (QED) is 0.742. The predicted octanol–water partition coefficient (Wildman–Crippen LogP) is 3.51. The Morgan fingerprint density at radius 3 is 2.78 bits per heavy atom. The van der Waals surface area contributed by atoms with E-state index in [9.17, 15) is 0 Å². The number of anilines is 1. The summed E-state index contributed by atoms with van der Waals surface area (Å²) in [5.74, 6) is 1.94. The highest BCUT2D eigenvalue weighted by molar-refractivity contribution is 5.93. The molecule has 4 nitrogen and oxygen atoms in total. The van der Waals surface area contributed by atoms with Gasteiger partial charge in [-0.15, -0.1) is 5.10 Å². The largest absolute Gasteiger partial charge is 0.493 e. The first-order chi connectivity index (χ1) is 11.2. The number of rotatable bonds is 3. The fourth-order valence-corrected chi connectivity index (χ4v) is 3.19. The number of hydrogen-bond acceptors (Lipinski definition) is 4. The van der Waals surface area contributed by atoms with E-state index in [4.69, 9.17) is 4.74 Å². The maximum absolute atomic E-state index is 5.58. The Balaban J connectivity index is 1.67. The van der Waals surface area contributed by atoms with Gasteiger partial charge in [0, 0.05) is 30.8 Å². The second kappa shape index (κ2) is 5.54. The lowest BCUT2D eigenvalue weighted by atomic mass is 10.1. The van der Waals surface area contributed by atoms with Crippen LogP contribution in [0.1, 0.15) is 16.8 Å². The van der Waals surface area contributed by atoms with Gasteiger partial charge >= 0.3 is 0 Å². The Morgan fingerprint density at radius 2 is 1.91 bits per heavy atom. The van der Waals surface area contributed by atoms with E-state index < -0.39 is 0 Å². The number of ether oxygens (including phenoxy) is 1. The third-order valence-corrected chi connectivity index (χ3v) is 4.39. The molecular weight excluding hydrogens is 286 g/mol. The van der Waals surface area contributed by atoms with Crippen LogP contribution in [0.2, 0.25) is 0 Å². The maximum atomic E-state index is 5.58. The molecule has 0 saturated heterocycles. The zero-order valence-electron chi connectivity index (χ0n) is 13.4. The summed E-state index contributed by atoms with van der Waals surface area (Å²) < 4.78 is 5.58. The van der Waals surface area contributed by atoms with Gasteiger partial charge in [0.1, 0.15) is 5.75 Å². The molecule has 0 aliphatic carbocycles. The van der Waals surface area contributed by atoms with Gasteiger partial charge in [-0.2, -0.15) is 5.10 Å². The Morgan fingerprint density at radius 1 is 1.09 bits per heavy atom. The third kappa shape index (κ3) is 2.50. The Kier molecular flexibility index (Phi) is 3.37. The monoisotopic (exact) mass is 305 g/mol. The van der Waals surface area contributed by atoms with Crippen LogP contribution >= 0.6 is 0 Å². The zero-order chi connectivity index (χ0) is 15.8. The Labute approximate surface area is 135 Å². The first-order valence-electron chi connectivity index (χ1n) is 7.90. The van der Waals surface area contributed by atoms with E-state index in [2.05, 4.69) is 52.5 Å². The van der Waals surface area contributed by atoms with E-state index in [0.29, 0.717) is 0 Å². The molecule has 116 valence electrons. The molecule has 0 fully saturated rings. The highest BCUT2D eigenvalue weighted by Crippen LogP contribution is 2.28. The second-order valence-corrected chi connectivity index (χ2v) is 6.05. The molecule has 1 aliphatic rings.